The molecule has 1 aliphatic heterocycles. The molecule has 1 aromatic rings. The highest BCUT2D eigenvalue weighted by atomic mass is 16.3. The van der Waals surface area contributed by atoms with Gasteiger partial charge in [-0.25, -0.2) is 0 Å². The van der Waals surface area contributed by atoms with Gasteiger partial charge in [0, 0.05) is 12.2 Å². The molecule has 3 nitrogen and oxygen atoms in total. The van der Waals surface area contributed by atoms with E-state index in [1.54, 1.807) is 0 Å². The standard InChI is InChI=1S/C14H22N2O/c1-11-4-3-5-12(2)13(11)16-10-14(17)6-8-15-9-7-14/h3-5,15-17H,6-10H2,1-2H3. The highest BCUT2D eigenvalue weighted by Crippen LogP contribution is 2.23. The monoisotopic (exact) mass is 234 g/mol. The average molecular weight is 234 g/mol. The Labute approximate surface area is 103 Å². The molecule has 0 aliphatic carbocycles. The van der Waals surface area contributed by atoms with Gasteiger partial charge in [0.2, 0.25) is 0 Å². The van der Waals surface area contributed by atoms with E-state index in [2.05, 4.69) is 42.7 Å². The zero-order chi connectivity index (χ0) is 12.3. The highest BCUT2D eigenvalue weighted by molar-refractivity contribution is 5.56. The minimum absolute atomic E-state index is 0.556. The number of nitrogens with one attached hydrogen (secondary N) is 2. The van der Waals surface area contributed by atoms with Gasteiger partial charge in [0.1, 0.15) is 0 Å². The summed E-state index contributed by atoms with van der Waals surface area (Å²) in [5.41, 5.74) is 3.09. The van der Waals surface area contributed by atoms with Gasteiger partial charge in [0.05, 0.1) is 5.60 Å². The summed E-state index contributed by atoms with van der Waals surface area (Å²) in [6.45, 7) is 6.65. The molecule has 0 amide bonds. The van der Waals surface area contributed by atoms with Gasteiger partial charge in [-0.15, -0.1) is 0 Å². The SMILES string of the molecule is Cc1cccc(C)c1NCC1(O)CCNCC1. The van der Waals surface area contributed by atoms with Crippen LogP contribution in [-0.2, 0) is 0 Å². The molecular weight excluding hydrogens is 212 g/mol. The number of para-hydroxylation sites is 1. The third-order valence-corrected chi connectivity index (χ3v) is 3.61. The van der Waals surface area contributed by atoms with E-state index in [1.165, 1.54) is 16.8 Å². The fourth-order valence-corrected chi connectivity index (χ4v) is 2.42. The van der Waals surface area contributed by atoms with Crippen LogP contribution in [0.5, 0.6) is 0 Å². The molecule has 0 aromatic heterocycles. The lowest BCUT2D eigenvalue weighted by Crippen LogP contribution is -2.46. The third-order valence-electron chi connectivity index (χ3n) is 3.61. The van der Waals surface area contributed by atoms with E-state index in [0.29, 0.717) is 6.54 Å². The molecule has 2 rings (SSSR count). The lowest BCUT2D eigenvalue weighted by Gasteiger charge is -2.33. The van der Waals surface area contributed by atoms with Crippen LogP contribution in [-0.4, -0.2) is 30.3 Å². The van der Waals surface area contributed by atoms with Crippen molar-refractivity contribution in [1.82, 2.24) is 5.32 Å². The summed E-state index contributed by atoms with van der Waals surface area (Å²) in [6, 6.07) is 6.26. The maximum Gasteiger partial charge on any atom is 0.0843 e. The fraction of sp³-hybridized carbons (Fsp3) is 0.571. The highest BCUT2D eigenvalue weighted by Gasteiger charge is 2.28. The average Bonchev–Trinajstić information content (AvgIpc) is 2.29. The number of rotatable bonds is 3. The van der Waals surface area contributed by atoms with Crippen LogP contribution in [0, 0.1) is 13.8 Å². The molecule has 1 aliphatic rings. The lowest BCUT2D eigenvalue weighted by atomic mass is 9.92. The van der Waals surface area contributed by atoms with Crippen LogP contribution in [0.3, 0.4) is 0 Å². The van der Waals surface area contributed by atoms with E-state index in [1.807, 2.05) is 0 Å². The number of aliphatic hydroxyl groups is 1. The van der Waals surface area contributed by atoms with Gasteiger partial charge in [-0.2, -0.15) is 0 Å². The summed E-state index contributed by atoms with van der Waals surface area (Å²) >= 11 is 0. The summed E-state index contributed by atoms with van der Waals surface area (Å²) in [6.07, 6.45) is 1.65. The Hall–Kier alpha value is -1.06. The smallest absolute Gasteiger partial charge is 0.0843 e. The molecule has 1 heterocycles. The summed E-state index contributed by atoms with van der Waals surface area (Å²) < 4.78 is 0. The second-order valence-electron chi connectivity index (χ2n) is 5.09. The van der Waals surface area contributed by atoms with Gasteiger partial charge in [-0.3, -0.25) is 0 Å². The second-order valence-corrected chi connectivity index (χ2v) is 5.09. The summed E-state index contributed by atoms with van der Waals surface area (Å²) in [5.74, 6) is 0. The Bertz CT molecular complexity index is 364. The number of piperidine rings is 1. The Balaban J connectivity index is 2.02. The van der Waals surface area contributed by atoms with Crippen molar-refractivity contribution in [3.63, 3.8) is 0 Å². The van der Waals surface area contributed by atoms with Gasteiger partial charge >= 0.3 is 0 Å². The van der Waals surface area contributed by atoms with Crippen molar-refractivity contribution in [3.05, 3.63) is 29.3 Å². The molecule has 1 saturated heterocycles. The first kappa shape index (κ1) is 12.4. The first-order valence-electron chi connectivity index (χ1n) is 6.34. The number of hydrogen-bond donors (Lipinski definition) is 3. The van der Waals surface area contributed by atoms with Crippen molar-refractivity contribution < 1.29 is 5.11 Å². The molecule has 0 saturated carbocycles. The molecule has 0 atom stereocenters. The molecule has 94 valence electrons. The Morgan fingerprint density at radius 3 is 2.41 bits per heavy atom. The minimum atomic E-state index is -0.556. The van der Waals surface area contributed by atoms with Gasteiger partial charge < -0.3 is 15.7 Å². The van der Waals surface area contributed by atoms with Crippen molar-refractivity contribution in [1.29, 1.82) is 0 Å². The maximum absolute atomic E-state index is 10.4. The van der Waals surface area contributed by atoms with Gasteiger partial charge in [-0.05, 0) is 50.9 Å². The molecule has 0 bridgehead atoms. The summed E-state index contributed by atoms with van der Waals surface area (Å²) in [4.78, 5) is 0. The van der Waals surface area contributed by atoms with Gasteiger partial charge in [-0.1, -0.05) is 18.2 Å². The topological polar surface area (TPSA) is 44.3 Å². The Kier molecular flexibility index (Phi) is 3.69. The molecule has 0 unspecified atom stereocenters. The molecule has 3 heteroatoms. The molecule has 0 spiro atoms. The Morgan fingerprint density at radius 1 is 1.24 bits per heavy atom. The first-order valence-corrected chi connectivity index (χ1v) is 6.34. The molecule has 1 fully saturated rings. The Morgan fingerprint density at radius 2 is 1.82 bits per heavy atom. The molecule has 1 aromatic carbocycles. The zero-order valence-corrected chi connectivity index (χ0v) is 10.7. The largest absolute Gasteiger partial charge is 0.388 e. The number of aryl methyl sites for hydroxylation is 2. The van der Waals surface area contributed by atoms with Gasteiger partial charge in [0.25, 0.3) is 0 Å². The summed E-state index contributed by atoms with van der Waals surface area (Å²) in [7, 11) is 0. The van der Waals surface area contributed by atoms with Crippen LogP contribution in [0.4, 0.5) is 5.69 Å². The zero-order valence-electron chi connectivity index (χ0n) is 10.7. The van der Waals surface area contributed by atoms with E-state index in [-0.39, 0.29) is 0 Å². The predicted octanol–water partition coefficient (Wildman–Crippen LogP) is 1.83. The van der Waals surface area contributed by atoms with Crippen LogP contribution in [0.1, 0.15) is 24.0 Å². The van der Waals surface area contributed by atoms with Gasteiger partial charge in [0.15, 0.2) is 0 Å². The minimum Gasteiger partial charge on any atom is -0.388 e. The molecule has 3 N–H and O–H groups in total. The second kappa shape index (κ2) is 5.07. The molecule has 0 radical (unpaired) electrons. The van der Waals surface area contributed by atoms with Crippen molar-refractivity contribution in [2.75, 3.05) is 25.0 Å². The fourth-order valence-electron chi connectivity index (χ4n) is 2.42. The van der Waals surface area contributed by atoms with E-state index >= 15 is 0 Å². The van der Waals surface area contributed by atoms with Crippen LogP contribution in [0.2, 0.25) is 0 Å². The van der Waals surface area contributed by atoms with E-state index in [0.717, 1.165) is 25.9 Å². The molecular formula is C14H22N2O. The van der Waals surface area contributed by atoms with E-state index < -0.39 is 5.60 Å². The van der Waals surface area contributed by atoms with Crippen molar-refractivity contribution in [2.24, 2.45) is 0 Å². The number of benzene rings is 1. The quantitative estimate of drug-likeness (QED) is 0.747. The van der Waals surface area contributed by atoms with Crippen LogP contribution < -0.4 is 10.6 Å². The van der Waals surface area contributed by atoms with Crippen molar-refractivity contribution >= 4 is 5.69 Å². The summed E-state index contributed by atoms with van der Waals surface area (Å²) in [5, 5.41) is 17.1. The normalized spacial score (nSPS) is 19.0. The first-order chi connectivity index (χ1) is 8.11. The van der Waals surface area contributed by atoms with Crippen LogP contribution >= 0.6 is 0 Å². The maximum atomic E-state index is 10.4. The van der Waals surface area contributed by atoms with E-state index in [9.17, 15) is 5.11 Å². The van der Waals surface area contributed by atoms with Crippen molar-refractivity contribution in [2.45, 2.75) is 32.3 Å². The van der Waals surface area contributed by atoms with Crippen LogP contribution in [0.25, 0.3) is 0 Å². The number of hydrogen-bond acceptors (Lipinski definition) is 3. The van der Waals surface area contributed by atoms with Crippen LogP contribution in [0.15, 0.2) is 18.2 Å². The number of anilines is 1. The lowest BCUT2D eigenvalue weighted by molar-refractivity contribution is 0.0232. The predicted molar refractivity (Wildman–Crippen MR) is 71.5 cm³/mol. The van der Waals surface area contributed by atoms with E-state index in [4.69, 9.17) is 0 Å². The molecule has 17 heavy (non-hydrogen) atoms. The third kappa shape index (κ3) is 2.99. The van der Waals surface area contributed by atoms with Crippen molar-refractivity contribution in [3.8, 4) is 0 Å².